The van der Waals surface area contributed by atoms with Crippen LogP contribution in [0.25, 0.3) is 11.2 Å². The Balaban J connectivity index is 1.66. The van der Waals surface area contributed by atoms with Crippen LogP contribution >= 0.6 is 12.2 Å². The van der Waals surface area contributed by atoms with E-state index in [-0.39, 0.29) is 28.0 Å². The first-order chi connectivity index (χ1) is 17.3. The molecule has 3 unspecified atom stereocenters. The van der Waals surface area contributed by atoms with Gasteiger partial charge in [0.1, 0.15) is 23.8 Å². The molecular weight excluding hydrogens is 492 g/mol. The summed E-state index contributed by atoms with van der Waals surface area (Å²) in [7, 11) is 0. The molecule has 0 spiro atoms. The third-order valence-electron chi connectivity index (χ3n) is 6.20. The number of aromatic nitrogens is 6. The lowest BCUT2D eigenvalue weighted by Gasteiger charge is -2.47. The Kier molecular flexibility index (Phi) is 4.65. The van der Waals surface area contributed by atoms with Crippen molar-refractivity contribution in [2.45, 2.75) is 12.1 Å². The number of nitrogens with zero attached hydrogens (tertiary/aromatic N) is 5. The highest BCUT2D eigenvalue weighted by Gasteiger charge is 2.51. The van der Waals surface area contributed by atoms with Gasteiger partial charge in [0, 0.05) is 18.1 Å². The zero-order valence-corrected chi connectivity index (χ0v) is 18.7. The van der Waals surface area contributed by atoms with E-state index in [0.717, 1.165) is 0 Å². The Morgan fingerprint density at radius 2 is 1.83 bits per heavy atom. The number of carbonyl (C=O) groups excluding carboxylic acids is 1. The minimum Gasteiger partial charge on any atom is -0.341 e. The van der Waals surface area contributed by atoms with Gasteiger partial charge in [-0.15, -0.1) is 0 Å². The highest BCUT2D eigenvalue weighted by atomic mass is 32.1. The lowest BCUT2D eigenvalue weighted by molar-refractivity contribution is -0.384. The summed E-state index contributed by atoms with van der Waals surface area (Å²) in [5.41, 5.74) is -0.410. The van der Waals surface area contributed by atoms with E-state index in [1.807, 2.05) is 0 Å². The van der Waals surface area contributed by atoms with Crippen LogP contribution < -0.4 is 26.8 Å². The number of imidazole rings is 1. The minimum absolute atomic E-state index is 0.0410. The Labute approximate surface area is 204 Å². The molecule has 180 valence electrons. The normalized spacial score (nSPS) is 20.9. The van der Waals surface area contributed by atoms with Gasteiger partial charge in [-0.05, 0) is 17.8 Å². The maximum atomic E-state index is 13.4. The summed E-state index contributed by atoms with van der Waals surface area (Å²) in [6, 6.07) is 5.52. The summed E-state index contributed by atoms with van der Waals surface area (Å²) in [5.74, 6) is -2.04. The van der Waals surface area contributed by atoms with Gasteiger partial charge in [0.2, 0.25) is 5.91 Å². The van der Waals surface area contributed by atoms with Crippen molar-refractivity contribution in [3.8, 4) is 0 Å². The molecule has 0 bridgehead atoms. The van der Waals surface area contributed by atoms with Gasteiger partial charge < -0.3 is 15.6 Å². The molecule has 0 radical (unpaired) electrons. The van der Waals surface area contributed by atoms with Gasteiger partial charge in [-0.2, -0.15) is 0 Å². The van der Waals surface area contributed by atoms with Gasteiger partial charge in [-0.1, -0.05) is 12.1 Å². The molecule has 15 nitrogen and oxygen atoms in total. The molecule has 0 saturated carbocycles. The number of anilines is 2. The van der Waals surface area contributed by atoms with Crippen LogP contribution in [0.15, 0.2) is 46.5 Å². The van der Waals surface area contributed by atoms with E-state index in [9.17, 15) is 24.5 Å². The summed E-state index contributed by atoms with van der Waals surface area (Å²) < 4.78 is 0. The molecule has 1 amide bonds. The fraction of sp³-hybridized carbons (Fsp3) is 0.150. The predicted octanol–water partition coefficient (Wildman–Crippen LogP) is -0.132. The summed E-state index contributed by atoms with van der Waals surface area (Å²) in [4.78, 5) is 71.6. The maximum absolute atomic E-state index is 13.4. The fourth-order valence-electron chi connectivity index (χ4n) is 4.79. The highest BCUT2D eigenvalue weighted by molar-refractivity contribution is 7.80. The number of carbonyl (C=O) groups is 1. The lowest BCUT2D eigenvalue weighted by atomic mass is 9.75. The van der Waals surface area contributed by atoms with Crippen LogP contribution in [0.4, 0.5) is 17.3 Å². The van der Waals surface area contributed by atoms with Crippen molar-refractivity contribution in [2.24, 2.45) is 5.92 Å². The first kappa shape index (κ1) is 21.5. The number of hydrogen-bond donors (Lipinski definition) is 5. The van der Waals surface area contributed by atoms with E-state index in [1.165, 1.54) is 41.8 Å². The molecule has 3 aromatic heterocycles. The average Bonchev–Trinajstić information content (AvgIpc) is 3.32. The van der Waals surface area contributed by atoms with E-state index in [2.05, 4.69) is 40.5 Å². The van der Waals surface area contributed by atoms with Crippen molar-refractivity contribution >= 4 is 51.7 Å². The van der Waals surface area contributed by atoms with Crippen LogP contribution in [0, 0.1) is 16.0 Å². The largest absolute Gasteiger partial charge is 0.341 e. The molecule has 1 fully saturated rings. The minimum atomic E-state index is -0.967. The van der Waals surface area contributed by atoms with Crippen molar-refractivity contribution in [3.63, 3.8) is 0 Å². The van der Waals surface area contributed by atoms with Gasteiger partial charge in [-0.3, -0.25) is 34.6 Å². The molecule has 2 aliphatic rings. The Morgan fingerprint density at radius 3 is 2.58 bits per heavy atom. The van der Waals surface area contributed by atoms with Crippen molar-refractivity contribution in [2.75, 3.05) is 4.90 Å². The molecule has 1 saturated heterocycles. The van der Waals surface area contributed by atoms with Crippen molar-refractivity contribution in [1.29, 1.82) is 0 Å². The number of nitrogens with one attached hydrogen (secondary N) is 5. The van der Waals surface area contributed by atoms with Gasteiger partial charge in [0.25, 0.3) is 11.2 Å². The second kappa shape index (κ2) is 7.77. The van der Waals surface area contributed by atoms with Crippen LogP contribution in [0.3, 0.4) is 0 Å². The van der Waals surface area contributed by atoms with E-state index in [4.69, 9.17) is 12.2 Å². The summed E-state index contributed by atoms with van der Waals surface area (Å²) >= 11 is 5.25. The highest BCUT2D eigenvalue weighted by Crippen LogP contribution is 2.46. The molecule has 1 aromatic carbocycles. The molecule has 5 heterocycles. The Morgan fingerprint density at radius 1 is 1.06 bits per heavy atom. The first-order valence-corrected chi connectivity index (χ1v) is 10.9. The van der Waals surface area contributed by atoms with Gasteiger partial charge in [-0.25, -0.2) is 19.7 Å². The molecule has 16 heteroatoms. The van der Waals surface area contributed by atoms with Crippen molar-refractivity contribution < 1.29 is 9.72 Å². The van der Waals surface area contributed by atoms with E-state index >= 15 is 0 Å². The van der Waals surface area contributed by atoms with Gasteiger partial charge in [0.15, 0.2) is 16.6 Å². The van der Waals surface area contributed by atoms with Crippen molar-refractivity contribution in [3.05, 3.63) is 79.0 Å². The van der Waals surface area contributed by atoms with Crippen LogP contribution in [0.2, 0.25) is 0 Å². The number of hydrogen-bond acceptors (Lipinski definition) is 10. The van der Waals surface area contributed by atoms with Gasteiger partial charge in [0.05, 0.1) is 22.7 Å². The fourth-order valence-corrected chi connectivity index (χ4v) is 5.01. The summed E-state index contributed by atoms with van der Waals surface area (Å²) in [6.07, 6.45) is 1.77. The molecule has 3 atom stereocenters. The van der Waals surface area contributed by atoms with Crippen LogP contribution in [0.5, 0.6) is 0 Å². The van der Waals surface area contributed by atoms with Crippen molar-refractivity contribution in [1.82, 2.24) is 40.5 Å². The Hall–Kier alpha value is -4.99. The molecular formula is C20H14N10O5S. The second-order valence-electron chi connectivity index (χ2n) is 8.10. The number of nitro benzene ring substituents is 1. The third-order valence-corrected chi connectivity index (χ3v) is 6.42. The smallest absolute Gasteiger partial charge is 0.327 e. The number of amides is 1. The monoisotopic (exact) mass is 506 g/mol. The zero-order valence-electron chi connectivity index (χ0n) is 17.9. The molecule has 5 N–H and O–H groups in total. The average molecular weight is 506 g/mol. The number of nitro groups is 1. The van der Waals surface area contributed by atoms with Crippen LogP contribution in [-0.4, -0.2) is 52.0 Å². The molecule has 0 aliphatic carbocycles. The number of aromatic amines is 3. The molecule has 4 aromatic rings. The quantitative estimate of drug-likeness (QED) is 0.140. The van der Waals surface area contributed by atoms with Crippen LogP contribution in [-0.2, 0) is 4.79 Å². The summed E-state index contributed by atoms with van der Waals surface area (Å²) in [6.45, 7) is 0. The van der Waals surface area contributed by atoms with E-state index in [1.54, 1.807) is 0 Å². The maximum Gasteiger partial charge on any atom is 0.327 e. The SMILES string of the molecule is O=C1NC(=S)NC2C1C(c1ccc([N+](=O)[O-])cc1)c1c([nH]c(=O)[nH]c1=O)N2c1ncnc2nc[nH]c12. The number of benzene rings is 1. The topological polar surface area (TPSA) is 208 Å². The van der Waals surface area contributed by atoms with Crippen LogP contribution in [0.1, 0.15) is 17.0 Å². The third kappa shape index (κ3) is 3.15. The predicted molar refractivity (Wildman–Crippen MR) is 128 cm³/mol. The molecule has 2 aliphatic heterocycles. The van der Waals surface area contributed by atoms with E-state index in [0.29, 0.717) is 16.7 Å². The van der Waals surface area contributed by atoms with Gasteiger partial charge >= 0.3 is 5.69 Å². The molecule has 6 rings (SSSR count). The Bertz CT molecular complexity index is 1690. The number of fused-ring (bicyclic) bond motifs is 3. The number of rotatable bonds is 3. The zero-order chi connectivity index (χ0) is 25.1. The number of non-ortho nitro benzene ring substituents is 1. The summed E-state index contributed by atoms with van der Waals surface area (Å²) in [5, 5.41) is 16.9. The number of thiocarbonyl (C=S) groups is 1. The molecule has 36 heavy (non-hydrogen) atoms. The standard InChI is InChI=1S/C20H14N10O5S/c31-17-10-9(7-1-3-8(4-2-7)30(34)35)11-15(26-20(36)28-18(11)32)29(14(10)25-19(33)27-17)16-12-13(22-5-21-12)23-6-24-16/h1-6,9,11,15H,(H,21,22,23,24)(H2,25,27,31,33)(H2,26,28,32,36). The second-order valence-corrected chi connectivity index (χ2v) is 8.51. The van der Waals surface area contributed by atoms with E-state index < -0.39 is 40.1 Å². The lowest BCUT2D eigenvalue weighted by Crippen LogP contribution is -2.67. The number of H-pyrrole nitrogens is 3. The first-order valence-electron chi connectivity index (χ1n) is 10.5.